The molecule has 0 saturated heterocycles. The molecule has 0 aromatic carbocycles. The predicted molar refractivity (Wildman–Crippen MR) is 145 cm³/mol. The smallest absolute Gasteiger partial charge is 0.417 e. The molecule has 1 rings (SSSR count). The molecule has 3 amide bonds. The molecule has 13 nitrogen and oxygen atoms in total. The fourth-order valence-electron chi connectivity index (χ4n) is 2.89. The van der Waals surface area contributed by atoms with Gasteiger partial charge < -0.3 is 24.3 Å². The fraction of sp³-hybridized carbons (Fsp3) is 0.680. The summed E-state index contributed by atoms with van der Waals surface area (Å²) in [6, 6.07) is -0.684. The van der Waals surface area contributed by atoms with Crippen LogP contribution < -0.4 is 10.6 Å². The molecule has 220 valence electrons. The van der Waals surface area contributed by atoms with Gasteiger partial charge in [-0.05, 0) is 75.2 Å². The SMILES string of the molecule is COC(=O)c1csc(C(CCCN(C(=N)NC(=O)OC(C)(C)C)C(=O)OC(C)(C)C)NC(=O)OC(C)(C)C)n1. The van der Waals surface area contributed by atoms with Crippen molar-refractivity contribution in [2.75, 3.05) is 13.7 Å². The van der Waals surface area contributed by atoms with Crippen LogP contribution in [0.15, 0.2) is 5.38 Å². The number of methoxy groups -OCH3 is 1. The summed E-state index contributed by atoms with van der Waals surface area (Å²) in [4.78, 5) is 54.7. The van der Waals surface area contributed by atoms with E-state index in [0.29, 0.717) is 5.01 Å². The minimum atomic E-state index is -0.899. The van der Waals surface area contributed by atoms with Gasteiger partial charge >= 0.3 is 24.2 Å². The number of aromatic nitrogens is 1. The van der Waals surface area contributed by atoms with Gasteiger partial charge in [0.15, 0.2) is 5.69 Å². The third-order valence-corrected chi connectivity index (χ3v) is 5.24. The molecule has 0 aliphatic rings. The van der Waals surface area contributed by atoms with Gasteiger partial charge in [0, 0.05) is 11.9 Å². The van der Waals surface area contributed by atoms with Crippen molar-refractivity contribution in [1.29, 1.82) is 5.41 Å². The number of carbonyl (C=O) groups excluding carboxylic acids is 4. The van der Waals surface area contributed by atoms with Crippen molar-refractivity contribution in [2.24, 2.45) is 0 Å². The standard InChI is InChI=1S/C25H41N5O8S/c1-23(2,3)36-20(32)28-15(17-27-16(14-39-17)18(31)35-10)12-11-13-30(22(34)38-25(7,8)9)19(26)29-21(33)37-24(4,5)6/h14-15H,11-13H2,1-10H3,(H,28,32)(H2,26,29,33). The Morgan fingerprint density at radius 1 is 0.949 bits per heavy atom. The van der Waals surface area contributed by atoms with E-state index in [2.05, 4.69) is 15.6 Å². The van der Waals surface area contributed by atoms with Crippen molar-refractivity contribution in [3.05, 3.63) is 16.1 Å². The van der Waals surface area contributed by atoms with Crippen molar-refractivity contribution < 1.29 is 38.1 Å². The number of hydrogen-bond donors (Lipinski definition) is 3. The zero-order chi connectivity index (χ0) is 30.2. The molecule has 0 spiro atoms. The highest BCUT2D eigenvalue weighted by Gasteiger charge is 2.29. The summed E-state index contributed by atoms with van der Waals surface area (Å²) in [5, 5.41) is 15.2. The molecular weight excluding hydrogens is 530 g/mol. The van der Waals surface area contributed by atoms with Crippen LogP contribution in [0.4, 0.5) is 14.4 Å². The zero-order valence-corrected chi connectivity index (χ0v) is 25.2. The molecule has 0 aliphatic heterocycles. The van der Waals surface area contributed by atoms with E-state index in [1.54, 1.807) is 62.3 Å². The lowest BCUT2D eigenvalue weighted by Gasteiger charge is -2.28. The summed E-state index contributed by atoms with van der Waals surface area (Å²) in [5.41, 5.74) is -2.32. The minimum absolute atomic E-state index is 0.0503. The van der Waals surface area contributed by atoms with Crippen LogP contribution in [0.2, 0.25) is 0 Å². The average molecular weight is 572 g/mol. The van der Waals surface area contributed by atoms with Crippen molar-refractivity contribution in [2.45, 2.75) is 98.0 Å². The van der Waals surface area contributed by atoms with Gasteiger partial charge in [-0.3, -0.25) is 10.7 Å². The fourth-order valence-corrected chi connectivity index (χ4v) is 3.76. The third kappa shape index (κ3) is 13.3. The molecule has 0 bridgehead atoms. The molecule has 14 heteroatoms. The first-order valence-electron chi connectivity index (χ1n) is 12.3. The number of thiazole rings is 1. The van der Waals surface area contributed by atoms with E-state index >= 15 is 0 Å². The molecule has 0 fully saturated rings. The summed E-state index contributed by atoms with van der Waals surface area (Å²) in [5.74, 6) is -1.15. The van der Waals surface area contributed by atoms with Crippen molar-refractivity contribution in [3.63, 3.8) is 0 Å². The number of guanidine groups is 1. The van der Waals surface area contributed by atoms with Crippen molar-refractivity contribution >= 4 is 41.5 Å². The van der Waals surface area contributed by atoms with Crippen LogP contribution >= 0.6 is 11.3 Å². The van der Waals surface area contributed by atoms with Crippen LogP contribution in [-0.2, 0) is 18.9 Å². The topological polar surface area (TPSA) is 169 Å². The molecule has 0 saturated carbocycles. The number of alkyl carbamates (subject to hydrolysis) is 2. The molecule has 1 atom stereocenters. The molecule has 3 N–H and O–H groups in total. The van der Waals surface area contributed by atoms with E-state index in [4.69, 9.17) is 24.4 Å². The van der Waals surface area contributed by atoms with Gasteiger partial charge in [-0.25, -0.2) is 29.1 Å². The Bertz CT molecular complexity index is 1040. The van der Waals surface area contributed by atoms with Crippen LogP contribution in [0.3, 0.4) is 0 Å². The molecule has 0 radical (unpaired) electrons. The molecule has 1 heterocycles. The van der Waals surface area contributed by atoms with E-state index in [0.717, 1.165) is 16.2 Å². The lowest BCUT2D eigenvalue weighted by Crippen LogP contribution is -2.49. The third-order valence-electron chi connectivity index (χ3n) is 4.28. The van der Waals surface area contributed by atoms with Crippen LogP contribution in [0.1, 0.15) is 96.7 Å². The Balaban J connectivity index is 3.10. The van der Waals surface area contributed by atoms with Gasteiger partial charge in [0.05, 0.1) is 13.2 Å². The maximum absolute atomic E-state index is 12.9. The Labute approximate surface area is 233 Å². The van der Waals surface area contributed by atoms with Crippen LogP contribution in [0.5, 0.6) is 0 Å². The highest BCUT2D eigenvalue weighted by molar-refractivity contribution is 7.09. The average Bonchev–Trinajstić information content (AvgIpc) is 3.21. The number of ether oxygens (including phenoxy) is 4. The lowest BCUT2D eigenvalue weighted by atomic mass is 10.1. The van der Waals surface area contributed by atoms with Gasteiger partial charge in [0.25, 0.3) is 0 Å². The second-order valence-corrected chi connectivity index (χ2v) is 12.4. The maximum Gasteiger partial charge on any atom is 0.417 e. The minimum Gasteiger partial charge on any atom is -0.464 e. The molecule has 1 aromatic rings. The van der Waals surface area contributed by atoms with Gasteiger partial charge in [-0.2, -0.15) is 0 Å². The van der Waals surface area contributed by atoms with Crippen LogP contribution in [0, 0.1) is 5.41 Å². The molecule has 1 unspecified atom stereocenters. The summed E-state index contributed by atoms with van der Waals surface area (Å²) < 4.78 is 20.7. The lowest BCUT2D eigenvalue weighted by molar-refractivity contribution is 0.0348. The molecular formula is C25H41N5O8S. The first kappa shape index (κ1) is 33.6. The summed E-state index contributed by atoms with van der Waals surface area (Å²) in [7, 11) is 1.24. The first-order chi connectivity index (χ1) is 17.7. The largest absolute Gasteiger partial charge is 0.464 e. The van der Waals surface area contributed by atoms with Gasteiger partial charge in [0.2, 0.25) is 5.96 Å². The van der Waals surface area contributed by atoms with Gasteiger partial charge in [-0.1, -0.05) is 0 Å². The summed E-state index contributed by atoms with van der Waals surface area (Å²) in [6.07, 6.45) is -1.95. The van der Waals surface area contributed by atoms with Crippen LogP contribution in [-0.4, -0.2) is 70.6 Å². The van der Waals surface area contributed by atoms with Crippen LogP contribution in [0.25, 0.3) is 0 Å². The predicted octanol–water partition coefficient (Wildman–Crippen LogP) is 4.97. The Morgan fingerprint density at radius 2 is 1.49 bits per heavy atom. The van der Waals surface area contributed by atoms with E-state index in [-0.39, 0.29) is 25.1 Å². The second-order valence-electron chi connectivity index (χ2n) is 11.5. The van der Waals surface area contributed by atoms with E-state index in [1.165, 1.54) is 12.5 Å². The number of rotatable bonds is 7. The Morgan fingerprint density at radius 3 is 2.00 bits per heavy atom. The second kappa shape index (κ2) is 13.6. The van der Waals surface area contributed by atoms with Gasteiger partial charge in [0.1, 0.15) is 21.8 Å². The molecule has 39 heavy (non-hydrogen) atoms. The number of hydrogen-bond acceptors (Lipinski definition) is 11. The highest BCUT2D eigenvalue weighted by atomic mass is 32.1. The Kier molecular flexibility index (Phi) is 11.7. The number of nitrogens with one attached hydrogen (secondary N) is 3. The highest BCUT2D eigenvalue weighted by Crippen LogP contribution is 2.24. The number of esters is 1. The normalized spacial score (nSPS) is 12.6. The summed E-state index contributed by atoms with van der Waals surface area (Å²) in [6.45, 7) is 15.2. The van der Waals surface area contributed by atoms with E-state index in [9.17, 15) is 19.2 Å². The quantitative estimate of drug-likeness (QED) is 0.177. The van der Waals surface area contributed by atoms with E-state index in [1.807, 2.05) is 0 Å². The number of carbonyl (C=O) groups is 4. The van der Waals surface area contributed by atoms with Crippen molar-refractivity contribution in [3.8, 4) is 0 Å². The maximum atomic E-state index is 12.9. The van der Waals surface area contributed by atoms with E-state index < -0.39 is 53.1 Å². The summed E-state index contributed by atoms with van der Waals surface area (Å²) >= 11 is 1.15. The monoisotopic (exact) mass is 571 g/mol. The molecule has 1 aromatic heterocycles. The molecule has 0 aliphatic carbocycles. The Hall–Kier alpha value is -3.42. The van der Waals surface area contributed by atoms with Crippen molar-refractivity contribution in [1.82, 2.24) is 20.5 Å². The van der Waals surface area contributed by atoms with Gasteiger partial charge in [-0.15, -0.1) is 11.3 Å². The zero-order valence-electron chi connectivity index (χ0n) is 24.3. The number of amides is 3. The number of nitrogens with zero attached hydrogens (tertiary/aromatic N) is 2. The first-order valence-corrected chi connectivity index (χ1v) is 13.2.